The molecule has 0 aromatic heterocycles. The van der Waals surface area contributed by atoms with E-state index < -0.39 is 34.3 Å². The van der Waals surface area contributed by atoms with Gasteiger partial charge in [0, 0.05) is 11.1 Å². The van der Waals surface area contributed by atoms with Gasteiger partial charge in [-0.25, -0.2) is 12.8 Å². The van der Waals surface area contributed by atoms with E-state index in [0.29, 0.717) is 11.3 Å². The number of anilines is 1. The highest BCUT2D eigenvalue weighted by Crippen LogP contribution is 2.37. The van der Waals surface area contributed by atoms with E-state index in [0.717, 1.165) is 4.31 Å². The molecule has 0 bridgehead atoms. The zero-order chi connectivity index (χ0) is 26.5. The number of carbonyl (C=O) groups excluding carboxylic acids is 1. The van der Waals surface area contributed by atoms with Crippen LogP contribution < -0.4 is 23.8 Å². The molecule has 0 aliphatic heterocycles. The maximum atomic E-state index is 13.8. The number of hydrogen-bond acceptors (Lipinski definition) is 6. The number of nitrogens with one attached hydrogen (secondary N) is 1. The SMILES string of the molecule is COc1ccc(S(=O)(=O)N(CC(=O)N[C@H](C)c2ccc(F)cc2)c2cc(Cl)ccc2OC)cc1OC. The lowest BCUT2D eigenvalue weighted by molar-refractivity contribution is -0.120. The number of carbonyl (C=O) groups is 1. The first-order chi connectivity index (χ1) is 17.1. The van der Waals surface area contributed by atoms with E-state index >= 15 is 0 Å². The maximum absolute atomic E-state index is 13.8. The fourth-order valence-corrected chi connectivity index (χ4v) is 5.12. The molecule has 8 nitrogen and oxygen atoms in total. The monoisotopic (exact) mass is 536 g/mol. The number of hydrogen-bond donors (Lipinski definition) is 1. The minimum Gasteiger partial charge on any atom is -0.495 e. The fourth-order valence-electron chi connectivity index (χ4n) is 3.51. The highest BCUT2D eigenvalue weighted by Gasteiger charge is 2.31. The van der Waals surface area contributed by atoms with Crippen LogP contribution in [0.3, 0.4) is 0 Å². The number of nitrogens with zero attached hydrogens (tertiary/aromatic N) is 1. The number of methoxy groups -OCH3 is 3. The lowest BCUT2D eigenvalue weighted by atomic mass is 10.1. The standard InChI is InChI=1S/C25H26ClFN2O6S/c1-16(17-5-8-19(27)9-6-17)28-25(30)15-29(21-13-18(26)7-11-22(21)33-2)36(31,32)20-10-12-23(34-3)24(14-20)35-4/h5-14,16H,15H2,1-4H3,(H,28,30)/t16-/m1/s1. The molecule has 3 aromatic carbocycles. The molecule has 11 heteroatoms. The van der Waals surface area contributed by atoms with Gasteiger partial charge in [0.2, 0.25) is 5.91 Å². The van der Waals surface area contributed by atoms with Gasteiger partial charge < -0.3 is 19.5 Å². The number of sulfonamides is 1. The Labute approximate surface area is 214 Å². The molecule has 0 unspecified atom stereocenters. The third-order valence-electron chi connectivity index (χ3n) is 5.39. The second-order valence-electron chi connectivity index (χ2n) is 7.69. The van der Waals surface area contributed by atoms with Crippen LogP contribution in [0.25, 0.3) is 0 Å². The Kier molecular flexibility index (Phi) is 8.65. The molecule has 0 heterocycles. The molecule has 0 aliphatic carbocycles. The number of amides is 1. The Morgan fingerprint density at radius 3 is 2.17 bits per heavy atom. The normalized spacial score (nSPS) is 11.9. The molecule has 1 amide bonds. The maximum Gasteiger partial charge on any atom is 0.265 e. The van der Waals surface area contributed by atoms with Crippen LogP contribution in [0, 0.1) is 5.82 Å². The lowest BCUT2D eigenvalue weighted by Gasteiger charge is -2.27. The highest BCUT2D eigenvalue weighted by molar-refractivity contribution is 7.92. The Bertz CT molecular complexity index is 1330. The number of ether oxygens (including phenoxy) is 3. The average Bonchev–Trinajstić information content (AvgIpc) is 2.87. The fraction of sp³-hybridized carbons (Fsp3) is 0.240. The van der Waals surface area contributed by atoms with Crippen molar-refractivity contribution in [2.45, 2.75) is 17.9 Å². The first-order valence-electron chi connectivity index (χ1n) is 10.7. The summed E-state index contributed by atoms with van der Waals surface area (Å²) in [5, 5.41) is 2.99. The molecule has 0 spiro atoms. The van der Waals surface area contributed by atoms with E-state index in [1.54, 1.807) is 25.1 Å². The molecule has 0 aliphatic rings. The molecule has 3 aromatic rings. The molecule has 0 saturated heterocycles. The summed E-state index contributed by atoms with van der Waals surface area (Å²) in [6.07, 6.45) is 0. The van der Waals surface area contributed by atoms with Gasteiger partial charge >= 0.3 is 0 Å². The largest absolute Gasteiger partial charge is 0.495 e. The van der Waals surface area contributed by atoms with E-state index in [2.05, 4.69) is 5.32 Å². The van der Waals surface area contributed by atoms with Crippen molar-refractivity contribution >= 4 is 33.2 Å². The van der Waals surface area contributed by atoms with Gasteiger partial charge in [-0.2, -0.15) is 0 Å². The summed E-state index contributed by atoms with van der Waals surface area (Å²) in [6.45, 7) is 1.12. The molecule has 0 radical (unpaired) electrons. The van der Waals surface area contributed by atoms with Crippen molar-refractivity contribution in [1.29, 1.82) is 0 Å². The first kappa shape index (κ1) is 27.1. The van der Waals surface area contributed by atoms with Gasteiger partial charge in [-0.05, 0) is 55.0 Å². The third-order valence-corrected chi connectivity index (χ3v) is 7.38. The summed E-state index contributed by atoms with van der Waals surface area (Å²) < 4.78 is 57.6. The van der Waals surface area contributed by atoms with Gasteiger partial charge in [0.25, 0.3) is 10.0 Å². The molecule has 1 N–H and O–H groups in total. The molecule has 1 atom stereocenters. The second kappa shape index (κ2) is 11.5. The van der Waals surface area contributed by atoms with E-state index in [1.165, 1.54) is 63.8 Å². The van der Waals surface area contributed by atoms with Crippen LogP contribution in [0.4, 0.5) is 10.1 Å². The van der Waals surface area contributed by atoms with Crippen molar-refractivity contribution in [2.75, 3.05) is 32.2 Å². The van der Waals surface area contributed by atoms with Crippen molar-refractivity contribution in [3.05, 3.63) is 77.1 Å². The molecular weight excluding hydrogens is 511 g/mol. The van der Waals surface area contributed by atoms with Crippen LogP contribution in [0.1, 0.15) is 18.5 Å². The van der Waals surface area contributed by atoms with Gasteiger partial charge in [0.05, 0.1) is 38.0 Å². The first-order valence-corrected chi connectivity index (χ1v) is 12.6. The van der Waals surface area contributed by atoms with Crippen molar-refractivity contribution in [3.8, 4) is 17.2 Å². The smallest absolute Gasteiger partial charge is 0.265 e. The summed E-state index contributed by atoms with van der Waals surface area (Å²) in [6, 6.07) is 13.7. The zero-order valence-electron chi connectivity index (χ0n) is 20.1. The van der Waals surface area contributed by atoms with Crippen molar-refractivity contribution in [1.82, 2.24) is 5.32 Å². The topological polar surface area (TPSA) is 94.2 Å². The van der Waals surface area contributed by atoms with Crippen LogP contribution in [-0.4, -0.2) is 42.2 Å². The van der Waals surface area contributed by atoms with Crippen LogP contribution in [0.15, 0.2) is 65.6 Å². The summed E-state index contributed by atoms with van der Waals surface area (Å²) in [7, 11) is -0.116. The van der Waals surface area contributed by atoms with Crippen molar-refractivity contribution in [3.63, 3.8) is 0 Å². The average molecular weight is 537 g/mol. The Hall–Kier alpha value is -3.50. The van der Waals surface area contributed by atoms with Crippen LogP contribution in [0.5, 0.6) is 17.2 Å². The minimum atomic E-state index is -4.31. The second-order valence-corrected chi connectivity index (χ2v) is 9.98. The summed E-state index contributed by atoms with van der Waals surface area (Å²) in [5.41, 5.74) is 0.726. The van der Waals surface area contributed by atoms with Crippen LogP contribution >= 0.6 is 11.6 Å². The number of halogens is 2. The van der Waals surface area contributed by atoms with E-state index in [9.17, 15) is 17.6 Å². The van der Waals surface area contributed by atoms with Crippen molar-refractivity contribution in [2.24, 2.45) is 0 Å². The predicted octanol–water partition coefficient (Wildman–Crippen LogP) is 4.58. The molecule has 192 valence electrons. The van der Waals surface area contributed by atoms with Gasteiger partial charge in [-0.1, -0.05) is 23.7 Å². The van der Waals surface area contributed by atoms with Gasteiger partial charge in [-0.15, -0.1) is 0 Å². The number of benzene rings is 3. The molecule has 0 fully saturated rings. The minimum absolute atomic E-state index is 0.0735. The molecular formula is C25H26ClFN2O6S. The van der Waals surface area contributed by atoms with E-state index in [-0.39, 0.29) is 27.1 Å². The lowest BCUT2D eigenvalue weighted by Crippen LogP contribution is -2.41. The Morgan fingerprint density at radius 2 is 1.56 bits per heavy atom. The van der Waals surface area contributed by atoms with E-state index in [4.69, 9.17) is 25.8 Å². The Balaban J connectivity index is 2.02. The zero-order valence-corrected chi connectivity index (χ0v) is 21.7. The Morgan fingerprint density at radius 1 is 0.944 bits per heavy atom. The molecule has 36 heavy (non-hydrogen) atoms. The van der Waals surface area contributed by atoms with Crippen molar-refractivity contribution < 1.29 is 31.8 Å². The summed E-state index contributed by atoms with van der Waals surface area (Å²) in [4.78, 5) is 12.9. The number of rotatable bonds is 10. The highest BCUT2D eigenvalue weighted by atomic mass is 35.5. The summed E-state index contributed by atoms with van der Waals surface area (Å²) in [5.74, 6) is -0.265. The van der Waals surface area contributed by atoms with Crippen LogP contribution in [0.2, 0.25) is 5.02 Å². The van der Waals surface area contributed by atoms with Gasteiger partial charge in [0.1, 0.15) is 18.1 Å². The van der Waals surface area contributed by atoms with Crippen LogP contribution in [-0.2, 0) is 14.8 Å². The molecule has 0 saturated carbocycles. The quantitative estimate of drug-likeness (QED) is 0.408. The third kappa shape index (κ3) is 6.00. The predicted molar refractivity (Wildman–Crippen MR) is 135 cm³/mol. The molecule has 3 rings (SSSR count). The van der Waals surface area contributed by atoms with Gasteiger partial charge in [0.15, 0.2) is 11.5 Å². The van der Waals surface area contributed by atoms with E-state index in [1.807, 2.05) is 0 Å². The van der Waals surface area contributed by atoms with Gasteiger partial charge in [-0.3, -0.25) is 9.10 Å². The summed E-state index contributed by atoms with van der Waals surface area (Å²) >= 11 is 6.17.